The number of hydrogen-bond donors (Lipinski definition) is 1. The quantitative estimate of drug-likeness (QED) is 0.733. The van der Waals surface area contributed by atoms with Crippen LogP contribution in [-0.2, 0) is 9.53 Å². The van der Waals surface area contributed by atoms with Crippen molar-refractivity contribution < 1.29 is 14.3 Å². The largest absolute Gasteiger partial charge is 0.445 e. The number of carbonyl (C=O) groups excluding carboxylic acids is 2. The van der Waals surface area contributed by atoms with Gasteiger partial charge in [0.1, 0.15) is 6.61 Å². The van der Waals surface area contributed by atoms with Crippen LogP contribution in [0.3, 0.4) is 0 Å². The standard InChI is InChI=1S/C12H21NO3/c1-6-8-16-11(15)13-10(9(14)7-2)12(3,4)5/h6,10H,1,7-8H2,2-5H3,(H,13,15). The van der Waals surface area contributed by atoms with Crippen LogP contribution >= 0.6 is 0 Å². The van der Waals surface area contributed by atoms with Gasteiger partial charge in [-0.15, -0.1) is 0 Å². The molecule has 0 bridgehead atoms. The predicted molar refractivity (Wildman–Crippen MR) is 63.2 cm³/mol. The Labute approximate surface area is 97.1 Å². The summed E-state index contributed by atoms with van der Waals surface area (Å²) in [4.78, 5) is 23.0. The topological polar surface area (TPSA) is 55.4 Å². The highest BCUT2D eigenvalue weighted by Crippen LogP contribution is 2.21. The van der Waals surface area contributed by atoms with Crippen LogP contribution in [-0.4, -0.2) is 24.5 Å². The Hall–Kier alpha value is -1.32. The number of Topliss-reactive ketones (excluding diaryl/α,β-unsaturated/α-hetero) is 1. The molecule has 1 N–H and O–H groups in total. The fourth-order valence-electron chi connectivity index (χ4n) is 1.28. The molecule has 4 heteroatoms. The maximum Gasteiger partial charge on any atom is 0.408 e. The van der Waals surface area contributed by atoms with Crippen LogP contribution in [0.5, 0.6) is 0 Å². The van der Waals surface area contributed by atoms with E-state index in [1.165, 1.54) is 6.08 Å². The van der Waals surface area contributed by atoms with Gasteiger partial charge in [0.2, 0.25) is 0 Å². The molecule has 0 aromatic heterocycles. The number of alkyl carbamates (subject to hydrolysis) is 1. The number of rotatable bonds is 5. The Kier molecular flexibility index (Phi) is 5.78. The van der Waals surface area contributed by atoms with Gasteiger partial charge in [0, 0.05) is 6.42 Å². The Morgan fingerprint density at radius 3 is 2.38 bits per heavy atom. The minimum Gasteiger partial charge on any atom is -0.445 e. The molecular weight excluding hydrogens is 206 g/mol. The van der Waals surface area contributed by atoms with Crippen LogP contribution in [0.25, 0.3) is 0 Å². The lowest BCUT2D eigenvalue weighted by Crippen LogP contribution is -2.49. The molecule has 0 saturated carbocycles. The number of amides is 1. The van der Waals surface area contributed by atoms with Crippen molar-refractivity contribution in [3.8, 4) is 0 Å². The molecule has 0 radical (unpaired) electrons. The van der Waals surface area contributed by atoms with E-state index >= 15 is 0 Å². The maximum atomic E-state index is 11.7. The lowest BCUT2D eigenvalue weighted by molar-refractivity contribution is -0.123. The molecule has 0 saturated heterocycles. The first-order valence-electron chi connectivity index (χ1n) is 5.39. The molecule has 92 valence electrons. The minimum atomic E-state index is -0.582. The van der Waals surface area contributed by atoms with Crippen molar-refractivity contribution in [3.05, 3.63) is 12.7 Å². The minimum absolute atomic E-state index is 0.00283. The molecule has 0 aliphatic rings. The Balaban J connectivity index is 4.50. The average Bonchev–Trinajstić information content (AvgIpc) is 2.20. The first kappa shape index (κ1) is 14.7. The van der Waals surface area contributed by atoms with E-state index in [9.17, 15) is 9.59 Å². The Bertz CT molecular complexity index is 266. The van der Waals surface area contributed by atoms with E-state index in [2.05, 4.69) is 11.9 Å². The zero-order valence-corrected chi connectivity index (χ0v) is 10.5. The molecule has 1 atom stereocenters. The van der Waals surface area contributed by atoms with Crippen LogP contribution in [0, 0.1) is 5.41 Å². The number of hydrogen-bond acceptors (Lipinski definition) is 3. The molecular formula is C12H21NO3. The van der Waals surface area contributed by atoms with Crippen LogP contribution < -0.4 is 5.32 Å². The van der Waals surface area contributed by atoms with Gasteiger partial charge in [0.05, 0.1) is 6.04 Å². The fourth-order valence-corrected chi connectivity index (χ4v) is 1.28. The number of carbonyl (C=O) groups is 2. The summed E-state index contributed by atoms with van der Waals surface area (Å²) in [6.45, 7) is 11.1. The summed E-state index contributed by atoms with van der Waals surface area (Å²) in [6.07, 6.45) is 1.29. The predicted octanol–water partition coefficient (Wildman–Crippen LogP) is 2.29. The van der Waals surface area contributed by atoms with Gasteiger partial charge in [-0.1, -0.05) is 40.3 Å². The molecule has 0 fully saturated rings. The highest BCUT2D eigenvalue weighted by atomic mass is 16.5. The van der Waals surface area contributed by atoms with E-state index in [1.54, 1.807) is 6.92 Å². The maximum absolute atomic E-state index is 11.7. The highest BCUT2D eigenvalue weighted by Gasteiger charge is 2.31. The van der Waals surface area contributed by atoms with Crippen molar-refractivity contribution in [3.63, 3.8) is 0 Å². The summed E-state index contributed by atoms with van der Waals surface area (Å²) in [5, 5.41) is 2.58. The van der Waals surface area contributed by atoms with Gasteiger partial charge < -0.3 is 10.1 Å². The number of ketones is 1. The van der Waals surface area contributed by atoms with Crippen molar-refractivity contribution in [2.75, 3.05) is 6.61 Å². The molecule has 0 aromatic rings. The average molecular weight is 227 g/mol. The molecule has 1 amide bonds. The van der Waals surface area contributed by atoms with Crippen molar-refractivity contribution in [1.82, 2.24) is 5.32 Å². The van der Waals surface area contributed by atoms with Gasteiger partial charge in [-0.05, 0) is 5.41 Å². The smallest absolute Gasteiger partial charge is 0.408 e. The third-order valence-electron chi connectivity index (χ3n) is 2.13. The third-order valence-corrected chi connectivity index (χ3v) is 2.13. The van der Waals surface area contributed by atoms with Gasteiger partial charge in [-0.25, -0.2) is 4.79 Å². The van der Waals surface area contributed by atoms with Gasteiger partial charge in [-0.2, -0.15) is 0 Å². The molecule has 1 unspecified atom stereocenters. The van der Waals surface area contributed by atoms with E-state index in [0.717, 1.165) is 0 Å². The molecule has 4 nitrogen and oxygen atoms in total. The summed E-state index contributed by atoms with van der Waals surface area (Å²) in [5.74, 6) is 0.00283. The molecule has 0 aliphatic carbocycles. The summed E-state index contributed by atoms with van der Waals surface area (Å²) in [5.41, 5.74) is -0.319. The third kappa shape index (κ3) is 4.96. The van der Waals surface area contributed by atoms with E-state index in [-0.39, 0.29) is 17.8 Å². The first-order valence-corrected chi connectivity index (χ1v) is 5.39. The molecule has 16 heavy (non-hydrogen) atoms. The normalized spacial score (nSPS) is 12.8. The molecule has 0 aromatic carbocycles. The fraction of sp³-hybridized carbons (Fsp3) is 0.667. The highest BCUT2D eigenvalue weighted by molar-refractivity contribution is 5.87. The monoisotopic (exact) mass is 227 g/mol. The van der Waals surface area contributed by atoms with E-state index in [1.807, 2.05) is 20.8 Å². The van der Waals surface area contributed by atoms with E-state index < -0.39 is 12.1 Å². The van der Waals surface area contributed by atoms with Crippen LogP contribution in [0.2, 0.25) is 0 Å². The lowest BCUT2D eigenvalue weighted by atomic mass is 9.83. The van der Waals surface area contributed by atoms with E-state index in [4.69, 9.17) is 4.74 Å². The van der Waals surface area contributed by atoms with Crippen LogP contribution in [0.1, 0.15) is 34.1 Å². The number of ether oxygens (including phenoxy) is 1. The zero-order valence-electron chi connectivity index (χ0n) is 10.5. The van der Waals surface area contributed by atoms with Crippen LogP contribution in [0.4, 0.5) is 4.79 Å². The number of nitrogens with one attached hydrogen (secondary N) is 1. The zero-order chi connectivity index (χ0) is 12.8. The summed E-state index contributed by atoms with van der Waals surface area (Å²) in [7, 11) is 0. The van der Waals surface area contributed by atoms with Crippen LogP contribution in [0.15, 0.2) is 12.7 Å². The van der Waals surface area contributed by atoms with Gasteiger partial charge >= 0.3 is 6.09 Å². The van der Waals surface area contributed by atoms with Gasteiger partial charge in [0.15, 0.2) is 5.78 Å². The molecule has 0 aliphatic heterocycles. The van der Waals surface area contributed by atoms with Crippen molar-refractivity contribution in [2.24, 2.45) is 5.41 Å². The second-order valence-corrected chi connectivity index (χ2v) is 4.65. The Morgan fingerprint density at radius 1 is 1.44 bits per heavy atom. The molecule has 0 spiro atoms. The Morgan fingerprint density at radius 2 is 2.00 bits per heavy atom. The van der Waals surface area contributed by atoms with Gasteiger partial charge in [0.25, 0.3) is 0 Å². The second-order valence-electron chi connectivity index (χ2n) is 4.65. The first-order chi connectivity index (χ1) is 7.32. The molecule has 0 heterocycles. The van der Waals surface area contributed by atoms with Crippen molar-refractivity contribution >= 4 is 11.9 Å². The SMILES string of the molecule is C=CCOC(=O)NC(C(=O)CC)C(C)(C)C. The van der Waals surface area contributed by atoms with E-state index in [0.29, 0.717) is 6.42 Å². The lowest BCUT2D eigenvalue weighted by Gasteiger charge is -2.29. The van der Waals surface area contributed by atoms with Gasteiger partial charge in [-0.3, -0.25) is 4.79 Å². The van der Waals surface area contributed by atoms with Crippen molar-refractivity contribution in [1.29, 1.82) is 0 Å². The summed E-state index contributed by atoms with van der Waals surface area (Å²) in [6, 6.07) is -0.519. The second kappa shape index (κ2) is 6.30. The van der Waals surface area contributed by atoms with Crippen molar-refractivity contribution in [2.45, 2.75) is 40.2 Å². The summed E-state index contributed by atoms with van der Waals surface area (Å²) < 4.78 is 4.79. The summed E-state index contributed by atoms with van der Waals surface area (Å²) >= 11 is 0. The molecule has 0 rings (SSSR count).